The summed E-state index contributed by atoms with van der Waals surface area (Å²) in [6.07, 6.45) is 2.87. The molecule has 0 fully saturated rings. The molecule has 1 unspecified atom stereocenters. The SMILES string of the molecule is CCc1ccc(OCCCC(C)(CO)NC(C)C)cc1. The lowest BCUT2D eigenvalue weighted by Gasteiger charge is -2.31. The van der Waals surface area contributed by atoms with Gasteiger partial charge in [-0.3, -0.25) is 0 Å². The van der Waals surface area contributed by atoms with Gasteiger partial charge in [-0.2, -0.15) is 0 Å². The van der Waals surface area contributed by atoms with Crippen molar-refractivity contribution in [2.24, 2.45) is 0 Å². The number of rotatable bonds is 9. The maximum atomic E-state index is 9.50. The topological polar surface area (TPSA) is 41.5 Å². The van der Waals surface area contributed by atoms with E-state index in [2.05, 4.69) is 45.1 Å². The molecule has 2 N–H and O–H groups in total. The van der Waals surface area contributed by atoms with Crippen LogP contribution in [0.1, 0.15) is 46.1 Å². The van der Waals surface area contributed by atoms with Gasteiger partial charge in [-0.15, -0.1) is 0 Å². The predicted octanol–water partition coefficient (Wildman–Crippen LogP) is 3.16. The van der Waals surface area contributed by atoms with Crippen LogP contribution in [0.5, 0.6) is 5.75 Å². The first-order valence-corrected chi connectivity index (χ1v) is 7.59. The molecule has 1 atom stereocenters. The first-order valence-electron chi connectivity index (χ1n) is 7.59. The second-order valence-electron chi connectivity index (χ2n) is 5.97. The molecule has 0 aliphatic rings. The van der Waals surface area contributed by atoms with Gasteiger partial charge in [0.2, 0.25) is 0 Å². The molecule has 0 amide bonds. The summed E-state index contributed by atoms with van der Waals surface area (Å²) in [5, 5.41) is 12.9. The fourth-order valence-corrected chi connectivity index (χ4v) is 2.37. The summed E-state index contributed by atoms with van der Waals surface area (Å²) in [7, 11) is 0. The van der Waals surface area contributed by atoms with Crippen molar-refractivity contribution in [3.63, 3.8) is 0 Å². The van der Waals surface area contributed by atoms with Gasteiger partial charge in [-0.05, 0) is 43.9 Å². The molecule has 0 spiro atoms. The van der Waals surface area contributed by atoms with Crippen LogP contribution in [0.25, 0.3) is 0 Å². The quantitative estimate of drug-likeness (QED) is 0.682. The first-order chi connectivity index (χ1) is 9.49. The Balaban J connectivity index is 2.32. The van der Waals surface area contributed by atoms with Crippen molar-refractivity contribution in [2.75, 3.05) is 13.2 Å². The number of nitrogens with one attached hydrogen (secondary N) is 1. The van der Waals surface area contributed by atoms with E-state index in [1.54, 1.807) is 0 Å². The normalized spacial score (nSPS) is 14.3. The van der Waals surface area contributed by atoms with Crippen LogP contribution in [0.3, 0.4) is 0 Å². The number of benzene rings is 1. The van der Waals surface area contributed by atoms with E-state index in [1.165, 1.54) is 5.56 Å². The molecule has 1 aromatic rings. The van der Waals surface area contributed by atoms with Crippen molar-refractivity contribution in [3.05, 3.63) is 29.8 Å². The van der Waals surface area contributed by atoms with Crippen LogP contribution in [0.4, 0.5) is 0 Å². The van der Waals surface area contributed by atoms with Gasteiger partial charge in [-0.1, -0.05) is 32.9 Å². The number of ether oxygens (including phenoxy) is 1. The molecule has 0 heterocycles. The molecule has 0 radical (unpaired) electrons. The third-order valence-corrected chi connectivity index (χ3v) is 3.46. The largest absolute Gasteiger partial charge is 0.494 e. The van der Waals surface area contributed by atoms with Crippen molar-refractivity contribution in [2.45, 2.75) is 58.5 Å². The monoisotopic (exact) mass is 279 g/mol. The molecular weight excluding hydrogens is 250 g/mol. The fourth-order valence-electron chi connectivity index (χ4n) is 2.37. The molecule has 0 aliphatic carbocycles. The van der Waals surface area contributed by atoms with Crippen LogP contribution in [-0.4, -0.2) is 29.9 Å². The molecule has 1 rings (SSSR count). The van der Waals surface area contributed by atoms with Crippen LogP contribution >= 0.6 is 0 Å². The minimum absolute atomic E-state index is 0.149. The molecule has 114 valence electrons. The van der Waals surface area contributed by atoms with Crippen LogP contribution < -0.4 is 10.1 Å². The Morgan fingerprint density at radius 2 is 1.90 bits per heavy atom. The van der Waals surface area contributed by atoms with Crippen molar-refractivity contribution in [3.8, 4) is 5.75 Å². The fraction of sp³-hybridized carbons (Fsp3) is 0.647. The average Bonchev–Trinajstić information content (AvgIpc) is 2.43. The summed E-state index contributed by atoms with van der Waals surface area (Å²) in [6, 6.07) is 8.63. The predicted molar refractivity (Wildman–Crippen MR) is 84.3 cm³/mol. The van der Waals surface area contributed by atoms with E-state index in [-0.39, 0.29) is 12.1 Å². The second-order valence-corrected chi connectivity index (χ2v) is 5.97. The highest BCUT2D eigenvalue weighted by atomic mass is 16.5. The lowest BCUT2D eigenvalue weighted by atomic mass is 9.96. The number of aliphatic hydroxyl groups is 1. The Bertz CT molecular complexity index is 375. The maximum Gasteiger partial charge on any atom is 0.119 e. The molecule has 0 saturated carbocycles. The smallest absolute Gasteiger partial charge is 0.119 e. The molecule has 20 heavy (non-hydrogen) atoms. The molecule has 3 heteroatoms. The molecular formula is C17H29NO2. The zero-order valence-electron chi connectivity index (χ0n) is 13.3. The van der Waals surface area contributed by atoms with Gasteiger partial charge in [-0.25, -0.2) is 0 Å². The summed E-state index contributed by atoms with van der Waals surface area (Å²) in [6.45, 7) is 9.23. The van der Waals surface area contributed by atoms with Crippen molar-refractivity contribution in [1.29, 1.82) is 0 Å². The Labute approximate surface area is 123 Å². The van der Waals surface area contributed by atoms with Crippen LogP contribution in [0, 0.1) is 0 Å². The Morgan fingerprint density at radius 1 is 1.25 bits per heavy atom. The van der Waals surface area contributed by atoms with Crippen LogP contribution in [-0.2, 0) is 6.42 Å². The number of aliphatic hydroxyl groups excluding tert-OH is 1. The highest BCUT2D eigenvalue weighted by Gasteiger charge is 2.23. The minimum Gasteiger partial charge on any atom is -0.494 e. The summed E-state index contributed by atoms with van der Waals surface area (Å²) >= 11 is 0. The Hall–Kier alpha value is -1.06. The van der Waals surface area contributed by atoms with Crippen LogP contribution in [0.15, 0.2) is 24.3 Å². The highest BCUT2D eigenvalue weighted by Crippen LogP contribution is 2.16. The summed E-state index contributed by atoms with van der Waals surface area (Å²) in [5.74, 6) is 0.921. The van der Waals surface area contributed by atoms with E-state index in [0.29, 0.717) is 12.6 Å². The molecule has 1 aromatic carbocycles. The van der Waals surface area contributed by atoms with E-state index >= 15 is 0 Å². The molecule has 0 saturated heterocycles. The molecule has 0 aromatic heterocycles. The van der Waals surface area contributed by atoms with E-state index in [0.717, 1.165) is 25.0 Å². The molecule has 0 aliphatic heterocycles. The lowest BCUT2D eigenvalue weighted by Crippen LogP contribution is -2.49. The van der Waals surface area contributed by atoms with E-state index in [1.807, 2.05) is 12.1 Å². The van der Waals surface area contributed by atoms with Gasteiger partial charge in [0.05, 0.1) is 13.2 Å². The van der Waals surface area contributed by atoms with E-state index in [4.69, 9.17) is 4.74 Å². The van der Waals surface area contributed by atoms with Gasteiger partial charge in [0.1, 0.15) is 5.75 Å². The van der Waals surface area contributed by atoms with Gasteiger partial charge in [0.25, 0.3) is 0 Å². The van der Waals surface area contributed by atoms with Crippen LogP contribution in [0.2, 0.25) is 0 Å². The summed E-state index contributed by atoms with van der Waals surface area (Å²) in [5.41, 5.74) is 1.11. The Kier molecular flexibility index (Phi) is 7.03. The minimum atomic E-state index is -0.219. The Morgan fingerprint density at radius 3 is 2.40 bits per heavy atom. The van der Waals surface area contributed by atoms with E-state index < -0.39 is 0 Å². The van der Waals surface area contributed by atoms with Gasteiger partial charge in [0, 0.05) is 11.6 Å². The maximum absolute atomic E-state index is 9.50. The zero-order valence-corrected chi connectivity index (χ0v) is 13.3. The van der Waals surface area contributed by atoms with Crippen molar-refractivity contribution < 1.29 is 9.84 Å². The number of hydrogen-bond donors (Lipinski definition) is 2. The zero-order chi connectivity index (χ0) is 15.0. The molecule has 3 nitrogen and oxygen atoms in total. The summed E-state index contributed by atoms with van der Waals surface area (Å²) in [4.78, 5) is 0. The molecule has 0 bridgehead atoms. The third-order valence-electron chi connectivity index (χ3n) is 3.46. The first kappa shape index (κ1) is 17.0. The number of aryl methyl sites for hydroxylation is 1. The lowest BCUT2D eigenvalue weighted by molar-refractivity contribution is 0.147. The van der Waals surface area contributed by atoms with E-state index in [9.17, 15) is 5.11 Å². The average molecular weight is 279 g/mol. The third kappa shape index (κ3) is 5.93. The second kappa shape index (κ2) is 8.28. The standard InChI is InChI=1S/C17H29NO2/c1-5-15-7-9-16(10-8-15)20-12-6-11-17(4,13-19)18-14(2)3/h7-10,14,18-19H,5-6,11-13H2,1-4H3. The number of hydrogen-bond acceptors (Lipinski definition) is 3. The van der Waals surface area contributed by atoms with Crippen molar-refractivity contribution >= 4 is 0 Å². The van der Waals surface area contributed by atoms with Crippen molar-refractivity contribution in [1.82, 2.24) is 5.32 Å². The summed E-state index contributed by atoms with van der Waals surface area (Å²) < 4.78 is 5.74. The van der Waals surface area contributed by atoms with Gasteiger partial charge < -0.3 is 15.2 Å². The van der Waals surface area contributed by atoms with Gasteiger partial charge >= 0.3 is 0 Å². The highest BCUT2D eigenvalue weighted by molar-refractivity contribution is 5.27. The van der Waals surface area contributed by atoms with Gasteiger partial charge in [0.15, 0.2) is 0 Å².